The first-order valence-corrected chi connectivity index (χ1v) is 9.19. The first-order valence-electron chi connectivity index (χ1n) is 8.37. The van der Waals surface area contributed by atoms with Crippen LogP contribution in [0.2, 0.25) is 0 Å². The van der Waals surface area contributed by atoms with E-state index >= 15 is 0 Å². The maximum Gasteiger partial charge on any atom is 0.267 e. The van der Waals surface area contributed by atoms with Crippen LogP contribution in [-0.4, -0.2) is 28.9 Å². The molecular formula is C18H22N4O2S. The monoisotopic (exact) mass is 358 g/mol. The van der Waals surface area contributed by atoms with Crippen molar-refractivity contribution in [2.24, 2.45) is 0 Å². The zero-order valence-electron chi connectivity index (χ0n) is 14.6. The molecule has 1 heterocycles. The number of nitrogens with one attached hydrogen (secondary N) is 3. The van der Waals surface area contributed by atoms with E-state index in [2.05, 4.69) is 20.9 Å². The van der Waals surface area contributed by atoms with E-state index in [1.807, 2.05) is 26.8 Å². The number of amides is 2. The first-order chi connectivity index (χ1) is 11.9. The van der Waals surface area contributed by atoms with Gasteiger partial charge in [0.05, 0.1) is 6.20 Å². The number of nitrogens with zero attached hydrogens (tertiary/aromatic N) is 1. The molecule has 0 saturated heterocycles. The van der Waals surface area contributed by atoms with Gasteiger partial charge in [0.15, 0.2) is 5.13 Å². The summed E-state index contributed by atoms with van der Waals surface area (Å²) < 4.78 is 0. The largest absolute Gasteiger partial charge is 0.359 e. The van der Waals surface area contributed by atoms with Gasteiger partial charge in [-0.05, 0) is 51.3 Å². The minimum Gasteiger partial charge on any atom is -0.359 e. The first kappa shape index (κ1) is 17.4. The Balaban J connectivity index is 1.71. The lowest BCUT2D eigenvalue weighted by Gasteiger charge is -2.10. The standard InChI is InChI=1S/C18H22N4O2S/c1-10(2)20-18-19-9-15(25-18)17(24)22-14-8-12(5-4-11(14)3)16(23)21-13-6-7-13/h4-5,8-10,13H,6-7H2,1-3H3,(H,19,20)(H,21,23)(H,22,24). The average Bonchev–Trinajstić information content (AvgIpc) is 3.24. The van der Waals surface area contributed by atoms with E-state index in [4.69, 9.17) is 0 Å². The zero-order valence-corrected chi connectivity index (χ0v) is 15.4. The fourth-order valence-electron chi connectivity index (χ4n) is 2.27. The summed E-state index contributed by atoms with van der Waals surface area (Å²) in [7, 11) is 0. The second-order valence-corrected chi connectivity index (χ2v) is 7.59. The van der Waals surface area contributed by atoms with E-state index in [1.165, 1.54) is 11.3 Å². The fourth-order valence-corrected chi connectivity index (χ4v) is 3.13. The molecule has 2 amide bonds. The number of hydrogen-bond donors (Lipinski definition) is 3. The quantitative estimate of drug-likeness (QED) is 0.739. The highest BCUT2D eigenvalue weighted by atomic mass is 32.1. The highest BCUT2D eigenvalue weighted by Crippen LogP contribution is 2.23. The number of anilines is 2. The van der Waals surface area contributed by atoms with Crippen molar-refractivity contribution in [1.29, 1.82) is 0 Å². The zero-order chi connectivity index (χ0) is 18.0. The Hall–Kier alpha value is -2.41. The molecule has 0 unspecified atom stereocenters. The Morgan fingerprint density at radius 3 is 2.68 bits per heavy atom. The lowest BCUT2D eigenvalue weighted by Crippen LogP contribution is -2.25. The maximum atomic E-state index is 12.5. The van der Waals surface area contributed by atoms with Crippen LogP contribution in [0.5, 0.6) is 0 Å². The summed E-state index contributed by atoms with van der Waals surface area (Å²) in [6.45, 7) is 5.93. The van der Waals surface area contributed by atoms with E-state index in [0.717, 1.165) is 23.5 Å². The van der Waals surface area contributed by atoms with Gasteiger partial charge in [-0.2, -0.15) is 0 Å². The molecule has 0 spiro atoms. The molecule has 25 heavy (non-hydrogen) atoms. The lowest BCUT2D eigenvalue weighted by molar-refractivity contribution is 0.0949. The molecule has 3 N–H and O–H groups in total. The van der Waals surface area contributed by atoms with Gasteiger partial charge in [0.1, 0.15) is 4.88 Å². The summed E-state index contributed by atoms with van der Waals surface area (Å²) in [5, 5.41) is 9.73. The van der Waals surface area contributed by atoms with E-state index in [9.17, 15) is 9.59 Å². The van der Waals surface area contributed by atoms with Crippen LogP contribution in [-0.2, 0) is 0 Å². The van der Waals surface area contributed by atoms with Crippen LogP contribution in [0.15, 0.2) is 24.4 Å². The Kier molecular flexibility index (Phi) is 5.03. The van der Waals surface area contributed by atoms with Crippen LogP contribution >= 0.6 is 11.3 Å². The topological polar surface area (TPSA) is 83.1 Å². The van der Waals surface area contributed by atoms with Gasteiger partial charge in [0.25, 0.3) is 11.8 Å². The summed E-state index contributed by atoms with van der Waals surface area (Å²) in [5.74, 6) is -0.323. The van der Waals surface area contributed by atoms with Crippen LogP contribution in [0.25, 0.3) is 0 Å². The third-order valence-electron chi connectivity index (χ3n) is 3.80. The van der Waals surface area contributed by atoms with Crippen LogP contribution in [0, 0.1) is 6.92 Å². The molecule has 6 nitrogen and oxygen atoms in total. The average molecular weight is 358 g/mol. The normalized spacial score (nSPS) is 13.6. The van der Waals surface area contributed by atoms with Gasteiger partial charge in [-0.1, -0.05) is 17.4 Å². The molecule has 1 fully saturated rings. The van der Waals surface area contributed by atoms with Crippen molar-refractivity contribution in [3.8, 4) is 0 Å². The van der Waals surface area contributed by atoms with Gasteiger partial charge in [0.2, 0.25) is 0 Å². The van der Waals surface area contributed by atoms with Gasteiger partial charge >= 0.3 is 0 Å². The molecule has 0 radical (unpaired) electrons. The molecule has 7 heteroatoms. The van der Waals surface area contributed by atoms with E-state index in [1.54, 1.807) is 18.3 Å². The SMILES string of the molecule is Cc1ccc(C(=O)NC2CC2)cc1NC(=O)c1cnc(NC(C)C)s1. The number of aromatic nitrogens is 1. The molecule has 0 atom stereocenters. The van der Waals surface area contributed by atoms with Crippen molar-refractivity contribution in [1.82, 2.24) is 10.3 Å². The summed E-state index contributed by atoms with van der Waals surface area (Å²) in [5.41, 5.74) is 2.10. The van der Waals surface area contributed by atoms with Crippen molar-refractivity contribution in [3.63, 3.8) is 0 Å². The molecule has 2 aromatic rings. The number of thiazole rings is 1. The molecular weight excluding hydrogens is 336 g/mol. The highest BCUT2D eigenvalue weighted by molar-refractivity contribution is 7.17. The predicted molar refractivity (Wildman–Crippen MR) is 100 cm³/mol. The minimum absolute atomic E-state index is 0.0980. The Morgan fingerprint density at radius 2 is 2.00 bits per heavy atom. The third kappa shape index (κ3) is 4.57. The fraction of sp³-hybridized carbons (Fsp3) is 0.389. The second kappa shape index (κ2) is 7.23. The highest BCUT2D eigenvalue weighted by Gasteiger charge is 2.24. The van der Waals surface area contributed by atoms with Crippen molar-refractivity contribution >= 4 is 34.0 Å². The van der Waals surface area contributed by atoms with E-state index in [-0.39, 0.29) is 17.9 Å². The number of aryl methyl sites for hydroxylation is 1. The molecule has 1 aromatic heterocycles. The van der Waals surface area contributed by atoms with Crippen LogP contribution in [0.3, 0.4) is 0 Å². The Morgan fingerprint density at radius 1 is 1.24 bits per heavy atom. The number of rotatable bonds is 6. The number of carbonyl (C=O) groups is 2. The van der Waals surface area contributed by atoms with Crippen molar-refractivity contribution in [2.45, 2.75) is 45.7 Å². The Labute approximate surface area is 151 Å². The number of hydrogen-bond acceptors (Lipinski definition) is 5. The maximum absolute atomic E-state index is 12.5. The van der Waals surface area contributed by atoms with Gasteiger partial charge in [-0.25, -0.2) is 4.98 Å². The molecule has 0 aliphatic heterocycles. The number of carbonyl (C=O) groups excluding carboxylic acids is 2. The van der Waals surface area contributed by atoms with Crippen molar-refractivity contribution in [3.05, 3.63) is 40.4 Å². The predicted octanol–water partition coefficient (Wildman–Crippen LogP) is 3.42. The molecule has 3 rings (SSSR count). The van der Waals surface area contributed by atoms with Gasteiger partial charge in [-0.3, -0.25) is 9.59 Å². The molecule has 0 bridgehead atoms. The summed E-state index contributed by atoms with van der Waals surface area (Å²) in [6, 6.07) is 5.90. The summed E-state index contributed by atoms with van der Waals surface area (Å²) >= 11 is 1.31. The van der Waals surface area contributed by atoms with Gasteiger partial charge < -0.3 is 16.0 Å². The summed E-state index contributed by atoms with van der Waals surface area (Å²) in [6.07, 6.45) is 3.64. The molecule has 132 valence electrons. The van der Waals surface area contributed by atoms with Crippen LogP contribution < -0.4 is 16.0 Å². The van der Waals surface area contributed by atoms with E-state index < -0.39 is 0 Å². The van der Waals surface area contributed by atoms with Gasteiger partial charge in [0, 0.05) is 23.3 Å². The van der Waals surface area contributed by atoms with Gasteiger partial charge in [-0.15, -0.1) is 0 Å². The van der Waals surface area contributed by atoms with Crippen molar-refractivity contribution < 1.29 is 9.59 Å². The summed E-state index contributed by atoms with van der Waals surface area (Å²) in [4.78, 5) is 29.4. The smallest absolute Gasteiger partial charge is 0.267 e. The van der Waals surface area contributed by atoms with Crippen LogP contribution in [0.4, 0.5) is 10.8 Å². The molecule has 1 aliphatic carbocycles. The Bertz CT molecular complexity index is 796. The number of benzene rings is 1. The minimum atomic E-state index is -0.225. The lowest BCUT2D eigenvalue weighted by atomic mass is 10.1. The molecule has 1 aliphatic rings. The van der Waals surface area contributed by atoms with E-state index in [0.29, 0.717) is 22.2 Å². The van der Waals surface area contributed by atoms with Crippen LogP contribution in [0.1, 0.15) is 52.3 Å². The third-order valence-corrected chi connectivity index (χ3v) is 4.73. The molecule has 1 saturated carbocycles. The second-order valence-electron chi connectivity index (χ2n) is 6.56. The molecule has 1 aromatic carbocycles. The van der Waals surface area contributed by atoms with Crippen molar-refractivity contribution in [2.75, 3.05) is 10.6 Å².